The fraction of sp³-hybridized carbons (Fsp3) is 0.0108. The molecule has 24 rings (SSSR count). The van der Waals surface area contributed by atoms with Crippen LogP contribution in [0.2, 0.25) is 0 Å². The van der Waals surface area contributed by atoms with E-state index in [0.717, 1.165) is 10.9 Å². The highest BCUT2D eigenvalue weighted by Gasteiger charge is 2.31. The number of benzene rings is 18. The van der Waals surface area contributed by atoms with Crippen LogP contribution in [0.5, 0.6) is 0 Å². The lowest BCUT2D eigenvalue weighted by molar-refractivity contribution is 1.19. The Bertz CT molecular complexity index is 7050. The zero-order valence-corrected chi connectivity index (χ0v) is 55.4. The van der Waals surface area contributed by atoms with Crippen molar-refractivity contribution in [3.05, 3.63) is 319 Å². The van der Waals surface area contributed by atoms with Gasteiger partial charge in [0.15, 0.2) is 0 Å². The van der Waals surface area contributed by atoms with Crippen molar-refractivity contribution < 1.29 is 0 Å². The van der Waals surface area contributed by atoms with E-state index in [1.165, 1.54) is 221 Å². The Kier molecular flexibility index (Phi) is 11.4. The van der Waals surface area contributed by atoms with Gasteiger partial charge in [0, 0.05) is 72.2 Å². The van der Waals surface area contributed by atoms with E-state index in [1.807, 2.05) is 22.7 Å². The van der Waals surface area contributed by atoms with Gasteiger partial charge in [0.2, 0.25) is 0 Å². The Balaban J connectivity index is 0.000000105. The van der Waals surface area contributed by atoms with Crippen LogP contribution >= 0.6 is 38.6 Å². The smallest absolute Gasteiger partial charge is 0.0620 e. The second-order valence-electron chi connectivity index (χ2n) is 26.4. The lowest BCUT2D eigenvalue weighted by Crippen LogP contribution is -1.95. The summed E-state index contributed by atoms with van der Waals surface area (Å²) >= 11 is 7.45. The minimum absolute atomic E-state index is 1.03. The van der Waals surface area contributed by atoms with Gasteiger partial charge in [0.1, 0.15) is 0 Å². The molecule has 3 aliphatic rings. The van der Waals surface area contributed by atoms with Crippen molar-refractivity contribution >= 4 is 187 Å². The first-order valence-corrected chi connectivity index (χ1v) is 35.9. The van der Waals surface area contributed by atoms with Gasteiger partial charge in [-0.1, -0.05) is 265 Å². The predicted molar refractivity (Wildman–Crippen MR) is 424 cm³/mol. The molecule has 4 heteroatoms. The molecule has 0 spiro atoms. The van der Waals surface area contributed by atoms with Crippen LogP contribution in [0.1, 0.15) is 11.1 Å². The van der Waals surface area contributed by atoms with Crippen LogP contribution in [-0.2, 0) is 6.42 Å². The first kappa shape index (κ1) is 54.1. The zero-order valence-electron chi connectivity index (χ0n) is 52.2. The Morgan fingerprint density at radius 3 is 1.26 bits per heavy atom. The van der Waals surface area contributed by atoms with Crippen LogP contribution in [0, 0.1) is 0 Å². The fourth-order valence-electron chi connectivity index (χ4n) is 17.6. The molecular weight excluding hydrogens is 1280 g/mol. The Morgan fingerprint density at radius 2 is 0.670 bits per heavy atom. The third kappa shape index (κ3) is 7.58. The summed E-state index contributed by atoms with van der Waals surface area (Å²) in [7, 11) is 0. The van der Waals surface area contributed by atoms with E-state index in [1.54, 1.807) is 0 Å². The number of halogens is 1. The Morgan fingerprint density at radius 1 is 0.258 bits per heavy atom. The number of thiophene rings is 2. The largest absolute Gasteiger partial charge is 0.309 e. The second-order valence-corrected chi connectivity index (χ2v) is 29.5. The van der Waals surface area contributed by atoms with Gasteiger partial charge in [0.25, 0.3) is 0 Å². The summed E-state index contributed by atoms with van der Waals surface area (Å²) in [5.74, 6) is 0. The number of fused-ring (bicyclic) bond motifs is 34. The van der Waals surface area contributed by atoms with Crippen molar-refractivity contribution in [3.63, 3.8) is 0 Å². The van der Waals surface area contributed by atoms with Gasteiger partial charge in [-0.2, -0.15) is 0 Å². The summed E-state index contributed by atoms with van der Waals surface area (Å²) in [6, 6.07) is 112. The monoisotopic (exact) mass is 1330 g/mol. The third-order valence-corrected chi connectivity index (χ3v) is 24.5. The van der Waals surface area contributed by atoms with Gasteiger partial charge in [-0.25, -0.2) is 0 Å². The molecule has 97 heavy (non-hydrogen) atoms. The van der Waals surface area contributed by atoms with E-state index in [9.17, 15) is 0 Å². The molecule has 3 aliphatic carbocycles. The van der Waals surface area contributed by atoms with Gasteiger partial charge in [-0.05, 0) is 203 Å². The molecule has 0 unspecified atom stereocenters. The zero-order chi connectivity index (χ0) is 63.3. The van der Waals surface area contributed by atoms with Crippen molar-refractivity contribution in [2.24, 2.45) is 0 Å². The molecule has 0 N–H and O–H groups in total. The van der Waals surface area contributed by atoms with Crippen LogP contribution < -0.4 is 0 Å². The normalized spacial score (nSPS) is 12.5. The lowest BCUT2D eigenvalue weighted by Gasteiger charge is -2.15. The van der Waals surface area contributed by atoms with Crippen LogP contribution in [-0.4, -0.2) is 4.57 Å². The number of nitrogens with zero attached hydrogens (tertiary/aromatic N) is 1. The molecule has 0 atom stereocenters. The molecule has 0 saturated heterocycles. The summed E-state index contributed by atoms with van der Waals surface area (Å²) in [4.78, 5) is 0. The van der Waals surface area contributed by atoms with E-state index in [-0.39, 0.29) is 0 Å². The van der Waals surface area contributed by atoms with Gasteiger partial charge < -0.3 is 4.57 Å². The molecule has 0 saturated carbocycles. The van der Waals surface area contributed by atoms with Crippen LogP contribution in [0.4, 0.5) is 0 Å². The maximum absolute atomic E-state index is 3.58. The molecule has 1 nitrogen and oxygen atoms in total. The van der Waals surface area contributed by atoms with Gasteiger partial charge in [-0.3, -0.25) is 0 Å². The van der Waals surface area contributed by atoms with Crippen molar-refractivity contribution in [3.8, 4) is 61.3 Å². The fourth-order valence-corrected chi connectivity index (χ4v) is 20.5. The SMILES string of the molecule is Brc1ccc2c3ccccc3c3ccccc3c2c1.c1ccc2c(c1)-c1cccc3c1c-2cc1c2c4sc5ccccc5c4ccc2n(-c2ccc4c5ccccc5c5ccccc5c4c2)c31.c1ccc2c(c1)-c1cccc3c4c(cc-2c13)-c1c(ccc2c1sc1ccccc12)C4. The average molecular weight is 1330 g/mol. The quantitative estimate of drug-likeness (QED) is 0.144. The molecule has 0 amide bonds. The van der Waals surface area contributed by atoms with Crippen molar-refractivity contribution in [2.45, 2.75) is 6.42 Å². The average Bonchev–Trinajstić information content (AvgIpc) is 1.53. The van der Waals surface area contributed by atoms with Gasteiger partial charge in [-0.15, -0.1) is 22.7 Å². The molecule has 448 valence electrons. The summed E-state index contributed by atoms with van der Waals surface area (Å²) in [5, 5.41) is 29.4. The molecule has 0 radical (unpaired) electrons. The van der Waals surface area contributed by atoms with Gasteiger partial charge >= 0.3 is 0 Å². The minimum Gasteiger partial charge on any atom is -0.309 e. The first-order chi connectivity index (χ1) is 48.1. The van der Waals surface area contributed by atoms with Crippen molar-refractivity contribution in [1.29, 1.82) is 0 Å². The molecular formula is C93H52BrNS2. The van der Waals surface area contributed by atoms with Crippen LogP contribution in [0.25, 0.3) is 210 Å². The van der Waals surface area contributed by atoms with Crippen LogP contribution in [0.3, 0.4) is 0 Å². The van der Waals surface area contributed by atoms with E-state index in [0.29, 0.717) is 0 Å². The molecule has 0 aliphatic heterocycles. The highest BCUT2D eigenvalue weighted by molar-refractivity contribution is 9.10. The van der Waals surface area contributed by atoms with E-state index < -0.39 is 0 Å². The first-order valence-electron chi connectivity index (χ1n) is 33.4. The topological polar surface area (TPSA) is 4.93 Å². The van der Waals surface area contributed by atoms with E-state index >= 15 is 0 Å². The van der Waals surface area contributed by atoms with E-state index in [4.69, 9.17) is 0 Å². The Hall–Kier alpha value is -11.2. The molecule has 21 aromatic rings. The van der Waals surface area contributed by atoms with Crippen molar-refractivity contribution in [2.75, 3.05) is 0 Å². The van der Waals surface area contributed by atoms with Gasteiger partial charge in [0.05, 0.1) is 11.0 Å². The van der Waals surface area contributed by atoms with Crippen LogP contribution in [0.15, 0.2) is 308 Å². The van der Waals surface area contributed by atoms with Crippen molar-refractivity contribution in [1.82, 2.24) is 4.57 Å². The van der Waals surface area contributed by atoms with E-state index in [2.05, 4.69) is 324 Å². The highest BCUT2D eigenvalue weighted by Crippen LogP contribution is 2.57. The predicted octanol–water partition coefficient (Wildman–Crippen LogP) is 27.7. The molecule has 0 bridgehead atoms. The molecule has 18 aromatic carbocycles. The summed E-state index contributed by atoms with van der Waals surface area (Å²) in [6.45, 7) is 0. The number of hydrogen-bond donors (Lipinski definition) is 0. The molecule has 0 fully saturated rings. The molecule has 3 heterocycles. The minimum atomic E-state index is 1.03. The summed E-state index contributed by atoms with van der Waals surface area (Å²) in [6.07, 6.45) is 1.03. The summed E-state index contributed by atoms with van der Waals surface area (Å²) in [5.41, 5.74) is 20.5. The highest BCUT2D eigenvalue weighted by atomic mass is 79.9. The Labute approximate surface area is 573 Å². The number of hydrogen-bond acceptors (Lipinski definition) is 2. The maximum atomic E-state index is 3.58. The summed E-state index contributed by atoms with van der Waals surface area (Å²) < 4.78 is 9.21. The third-order valence-electron chi connectivity index (χ3n) is 21.6. The lowest BCUT2D eigenvalue weighted by atomic mass is 9.94. The standard InChI is InChI=1S/C46H25NS.C29H16S.C18H11Br/c1-2-12-29-27(10-1)28-11-3-5-14-31(28)38-24-26(20-21-33(29)38)47-41-23-22-36-34-16-7-8-19-42(34)48-46(36)44(41)40-25-39-32-15-6-4-13-30(32)35-17-9-18-37(43(35)39)45(40)47;1-2-7-18-17(6-1)20-9-5-10-21-23-14-16-12-13-22-19-8-3-4-11-26(19)30-29(22)27(16)25(23)15-24(18)28(20)21;19-12-9-10-17-15-7-2-1-5-13(15)14-6-3-4-8-16(14)18(17)11-12/h1-25H;1-13,15H,14H2;1-11H. The second kappa shape index (κ2) is 20.4. The number of aromatic nitrogens is 1. The number of rotatable bonds is 1. The molecule has 3 aromatic heterocycles. The maximum Gasteiger partial charge on any atom is 0.0620 e.